The maximum absolute atomic E-state index is 13.8. The molecule has 1 fully saturated rings. The molecule has 0 bridgehead atoms. The highest BCUT2D eigenvalue weighted by atomic mass is 19.1. The Morgan fingerprint density at radius 1 is 1.19 bits per heavy atom. The van der Waals surface area contributed by atoms with Gasteiger partial charge < -0.3 is 4.74 Å². The van der Waals surface area contributed by atoms with E-state index >= 15 is 0 Å². The van der Waals surface area contributed by atoms with E-state index in [0.717, 1.165) is 56.1 Å². The molecule has 0 aliphatic carbocycles. The number of fused-ring (bicyclic) bond motifs is 1. The maximum atomic E-state index is 13.8. The van der Waals surface area contributed by atoms with Crippen molar-refractivity contribution in [3.05, 3.63) is 66.1 Å². The largest absolute Gasteiger partial charge is 0.496 e. The number of hydrogen-bond donors (Lipinski definition) is 0. The third kappa shape index (κ3) is 4.10. The molecule has 166 valence electrons. The van der Waals surface area contributed by atoms with Crippen molar-refractivity contribution in [2.24, 2.45) is 0 Å². The zero-order chi connectivity index (χ0) is 22.1. The van der Waals surface area contributed by atoms with Crippen LogP contribution in [0.25, 0.3) is 16.8 Å². The number of methoxy groups -OCH3 is 1. The molecule has 32 heavy (non-hydrogen) atoms. The summed E-state index contributed by atoms with van der Waals surface area (Å²) in [6.45, 7) is 5.88. The first-order valence-corrected chi connectivity index (χ1v) is 11.1. The summed E-state index contributed by atoms with van der Waals surface area (Å²) in [5, 5.41) is 9.17. The van der Waals surface area contributed by atoms with E-state index in [-0.39, 0.29) is 11.7 Å². The molecule has 4 aromatic rings. The van der Waals surface area contributed by atoms with Crippen molar-refractivity contribution in [2.75, 3.05) is 20.2 Å². The molecule has 0 radical (unpaired) electrons. The summed E-state index contributed by atoms with van der Waals surface area (Å²) in [7, 11) is 1.59. The first-order valence-electron chi connectivity index (χ1n) is 11.1. The second-order valence-electron chi connectivity index (χ2n) is 8.31. The number of nitrogens with zero attached hydrogens (tertiary/aromatic N) is 6. The van der Waals surface area contributed by atoms with Crippen molar-refractivity contribution in [1.82, 2.24) is 29.3 Å². The maximum Gasteiger partial charge on any atom is 0.156 e. The lowest BCUT2D eigenvalue weighted by Gasteiger charge is -2.30. The fourth-order valence-electron chi connectivity index (χ4n) is 4.47. The molecule has 0 N–H and O–H groups in total. The summed E-state index contributed by atoms with van der Waals surface area (Å²) in [5.41, 5.74) is 3.57. The molecule has 0 unspecified atom stereocenters. The second-order valence-corrected chi connectivity index (χ2v) is 8.31. The van der Waals surface area contributed by atoms with Crippen LogP contribution in [0.3, 0.4) is 0 Å². The zero-order valence-corrected chi connectivity index (χ0v) is 18.4. The SMILES string of the molecule is CCn1cc(CN2CCC[C@H](c3nc4ccc(-c5cc(F)ccc5OC)cn4n3)C2)cn1. The lowest BCUT2D eigenvalue weighted by Crippen LogP contribution is -2.34. The Labute approximate surface area is 186 Å². The number of piperidine rings is 1. The number of aromatic nitrogens is 5. The van der Waals surface area contributed by atoms with Gasteiger partial charge in [0, 0.05) is 54.6 Å². The number of halogens is 1. The van der Waals surface area contributed by atoms with Crippen molar-refractivity contribution < 1.29 is 9.13 Å². The van der Waals surface area contributed by atoms with Crippen LogP contribution in [-0.4, -0.2) is 49.5 Å². The number of ether oxygens (including phenoxy) is 1. The standard InChI is InChI=1S/C24H27FN6O/c1-3-30-14-17(12-26-30)13-29-10-4-5-19(15-29)24-27-23-9-6-18(16-31(23)28-24)21-11-20(25)7-8-22(21)32-2/h6-9,11-12,14,16,19H,3-5,10,13,15H2,1-2H3/t19-/m0/s1. The van der Waals surface area contributed by atoms with Crippen LogP contribution in [0.5, 0.6) is 5.75 Å². The molecule has 0 saturated carbocycles. The Hall–Kier alpha value is -3.26. The minimum Gasteiger partial charge on any atom is -0.496 e. The predicted molar refractivity (Wildman–Crippen MR) is 120 cm³/mol. The Bertz CT molecular complexity index is 1230. The van der Waals surface area contributed by atoms with Gasteiger partial charge in [-0.1, -0.05) is 0 Å². The van der Waals surface area contributed by atoms with Gasteiger partial charge in [-0.3, -0.25) is 9.58 Å². The number of aryl methyl sites for hydroxylation is 1. The van der Waals surface area contributed by atoms with Crippen LogP contribution >= 0.6 is 0 Å². The smallest absolute Gasteiger partial charge is 0.156 e. The van der Waals surface area contributed by atoms with E-state index in [4.69, 9.17) is 14.8 Å². The van der Waals surface area contributed by atoms with Crippen LogP contribution in [0.1, 0.15) is 37.1 Å². The van der Waals surface area contributed by atoms with Gasteiger partial charge in [0.2, 0.25) is 0 Å². The van der Waals surface area contributed by atoms with Gasteiger partial charge in [0.25, 0.3) is 0 Å². The molecular formula is C24H27FN6O. The first kappa shape index (κ1) is 20.6. The summed E-state index contributed by atoms with van der Waals surface area (Å²) < 4.78 is 23.0. The molecule has 3 aromatic heterocycles. The molecule has 1 aromatic carbocycles. The molecule has 1 aliphatic rings. The van der Waals surface area contributed by atoms with Gasteiger partial charge in [-0.15, -0.1) is 0 Å². The van der Waals surface area contributed by atoms with Crippen molar-refractivity contribution >= 4 is 5.65 Å². The quantitative estimate of drug-likeness (QED) is 0.457. The normalized spacial score (nSPS) is 17.2. The van der Waals surface area contributed by atoms with Crippen molar-refractivity contribution in [2.45, 2.75) is 38.8 Å². The summed E-state index contributed by atoms with van der Waals surface area (Å²) in [4.78, 5) is 7.25. The topological polar surface area (TPSA) is 60.5 Å². The molecule has 4 heterocycles. The Morgan fingerprint density at radius 3 is 2.91 bits per heavy atom. The lowest BCUT2D eigenvalue weighted by molar-refractivity contribution is 0.196. The van der Waals surface area contributed by atoms with E-state index in [9.17, 15) is 4.39 Å². The van der Waals surface area contributed by atoms with Crippen LogP contribution in [0.2, 0.25) is 0 Å². The van der Waals surface area contributed by atoms with E-state index in [1.807, 2.05) is 29.2 Å². The van der Waals surface area contributed by atoms with Crippen LogP contribution < -0.4 is 4.74 Å². The lowest BCUT2D eigenvalue weighted by atomic mass is 9.97. The molecule has 0 spiro atoms. The Morgan fingerprint density at radius 2 is 2.09 bits per heavy atom. The second kappa shape index (κ2) is 8.70. The van der Waals surface area contributed by atoms with Crippen LogP contribution in [-0.2, 0) is 13.1 Å². The molecule has 1 atom stereocenters. The Kier molecular flexibility index (Phi) is 5.61. The fourth-order valence-corrected chi connectivity index (χ4v) is 4.47. The summed E-state index contributed by atoms with van der Waals surface area (Å²) in [6, 6.07) is 8.38. The minimum absolute atomic E-state index is 0.289. The Balaban J connectivity index is 1.37. The third-order valence-electron chi connectivity index (χ3n) is 6.11. The third-order valence-corrected chi connectivity index (χ3v) is 6.11. The monoisotopic (exact) mass is 434 g/mol. The highest BCUT2D eigenvalue weighted by Gasteiger charge is 2.25. The predicted octanol–water partition coefficient (Wildman–Crippen LogP) is 4.14. The summed E-state index contributed by atoms with van der Waals surface area (Å²) >= 11 is 0. The van der Waals surface area contributed by atoms with Crippen molar-refractivity contribution in [3.8, 4) is 16.9 Å². The fraction of sp³-hybridized carbons (Fsp3) is 0.375. The van der Waals surface area contributed by atoms with E-state index in [2.05, 4.69) is 23.1 Å². The van der Waals surface area contributed by atoms with Crippen LogP contribution in [0, 0.1) is 5.82 Å². The van der Waals surface area contributed by atoms with Crippen molar-refractivity contribution in [1.29, 1.82) is 0 Å². The number of pyridine rings is 1. The minimum atomic E-state index is -0.299. The molecule has 7 nitrogen and oxygen atoms in total. The van der Waals surface area contributed by atoms with Gasteiger partial charge >= 0.3 is 0 Å². The molecule has 5 rings (SSSR count). The van der Waals surface area contributed by atoms with E-state index in [1.165, 1.54) is 17.7 Å². The molecule has 1 aliphatic heterocycles. The molecule has 1 saturated heterocycles. The molecule has 8 heteroatoms. The van der Waals surface area contributed by atoms with E-state index in [1.54, 1.807) is 17.7 Å². The van der Waals surface area contributed by atoms with E-state index in [0.29, 0.717) is 11.3 Å². The highest BCUT2D eigenvalue weighted by Crippen LogP contribution is 2.31. The van der Waals surface area contributed by atoms with Crippen molar-refractivity contribution in [3.63, 3.8) is 0 Å². The van der Waals surface area contributed by atoms with E-state index < -0.39 is 0 Å². The number of hydrogen-bond acceptors (Lipinski definition) is 5. The summed E-state index contributed by atoms with van der Waals surface area (Å²) in [5.74, 6) is 1.48. The average molecular weight is 435 g/mol. The average Bonchev–Trinajstić information content (AvgIpc) is 3.45. The van der Waals surface area contributed by atoms with Crippen LogP contribution in [0.4, 0.5) is 4.39 Å². The highest BCUT2D eigenvalue weighted by molar-refractivity contribution is 5.71. The summed E-state index contributed by atoms with van der Waals surface area (Å²) in [6.07, 6.45) is 8.16. The van der Waals surface area contributed by atoms with Crippen LogP contribution in [0.15, 0.2) is 48.9 Å². The van der Waals surface area contributed by atoms with Gasteiger partial charge in [0.05, 0.1) is 13.3 Å². The van der Waals surface area contributed by atoms with Gasteiger partial charge in [-0.05, 0) is 56.6 Å². The molecule has 0 amide bonds. The van der Waals surface area contributed by atoms with Gasteiger partial charge in [0.1, 0.15) is 11.6 Å². The van der Waals surface area contributed by atoms with Gasteiger partial charge in [0.15, 0.2) is 11.5 Å². The molecular weight excluding hydrogens is 407 g/mol. The number of likely N-dealkylation sites (tertiary alicyclic amines) is 1. The zero-order valence-electron chi connectivity index (χ0n) is 18.4. The van der Waals surface area contributed by atoms with Gasteiger partial charge in [-0.2, -0.15) is 10.2 Å². The van der Waals surface area contributed by atoms with Gasteiger partial charge in [-0.25, -0.2) is 13.9 Å². The number of benzene rings is 1. The first-order chi connectivity index (χ1) is 15.6. The number of rotatable bonds is 6.